The van der Waals surface area contributed by atoms with Gasteiger partial charge in [-0.3, -0.25) is 0 Å². The number of rotatable bonds is 4. The van der Waals surface area contributed by atoms with Crippen LogP contribution in [0.25, 0.3) is 11.0 Å². The van der Waals surface area contributed by atoms with E-state index >= 15 is 0 Å². The minimum Gasteiger partial charge on any atom is -0.480 e. The number of aliphatic carboxylic acids is 1. The number of nitrogens with one attached hydrogen (secondary N) is 1. The van der Waals surface area contributed by atoms with Gasteiger partial charge in [-0.05, 0) is 32.4 Å². The number of aryl methyl sites for hydroxylation is 1. The van der Waals surface area contributed by atoms with Crippen molar-refractivity contribution in [3.05, 3.63) is 30.0 Å². The van der Waals surface area contributed by atoms with Crippen LogP contribution in [0.5, 0.6) is 0 Å². The molecule has 0 fully saturated rings. The molecule has 5 heteroatoms. The molecule has 0 saturated carbocycles. The van der Waals surface area contributed by atoms with Gasteiger partial charge < -0.3 is 10.4 Å². The van der Waals surface area contributed by atoms with Crippen molar-refractivity contribution in [1.29, 1.82) is 0 Å². The van der Waals surface area contributed by atoms with Gasteiger partial charge in [0.1, 0.15) is 11.4 Å². The zero-order valence-corrected chi connectivity index (χ0v) is 11.3. The summed E-state index contributed by atoms with van der Waals surface area (Å²) >= 11 is 0. The highest BCUT2D eigenvalue weighted by atomic mass is 16.4. The number of carbonyl (C=O) groups is 1. The van der Waals surface area contributed by atoms with Crippen LogP contribution in [0.4, 0.5) is 5.82 Å². The fraction of sp³-hybridized carbons (Fsp3) is 0.357. The Kier molecular flexibility index (Phi) is 3.38. The predicted octanol–water partition coefficient (Wildman–Crippen LogP) is 2.60. The van der Waals surface area contributed by atoms with E-state index in [0.717, 1.165) is 11.0 Å². The molecule has 100 valence electrons. The number of hydrogen-bond acceptors (Lipinski definition) is 4. The van der Waals surface area contributed by atoms with Gasteiger partial charge in [0.2, 0.25) is 0 Å². The second kappa shape index (κ2) is 4.84. The highest BCUT2D eigenvalue weighted by Crippen LogP contribution is 2.21. The summed E-state index contributed by atoms with van der Waals surface area (Å²) < 4.78 is 0. The molecule has 0 bridgehead atoms. The lowest BCUT2D eigenvalue weighted by Crippen LogP contribution is -2.43. The molecule has 1 heterocycles. The van der Waals surface area contributed by atoms with Crippen molar-refractivity contribution in [1.82, 2.24) is 9.97 Å². The fourth-order valence-corrected chi connectivity index (χ4v) is 1.76. The second-order valence-electron chi connectivity index (χ2n) is 4.76. The van der Waals surface area contributed by atoms with Crippen molar-refractivity contribution in [2.45, 2.75) is 32.7 Å². The molecule has 19 heavy (non-hydrogen) atoms. The third kappa shape index (κ3) is 2.50. The van der Waals surface area contributed by atoms with Crippen LogP contribution in [-0.2, 0) is 4.79 Å². The molecular formula is C14H17N3O2. The molecule has 0 aliphatic heterocycles. The first kappa shape index (κ1) is 13.3. The van der Waals surface area contributed by atoms with Gasteiger partial charge in [-0.2, -0.15) is 0 Å². The smallest absolute Gasteiger partial charge is 0.329 e. The lowest BCUT2D eigenvalue weighted by molar-refractivity contribution is -0.141. The zero-order chi connectivity index (χ0) is 14.0. The van der Waals surface area contributed by atoms with Crippen LogP contribution in [0.1, 0.15) is 26.0 Å². The molecular weight excluding hydrogens is 242 g/mol. The number of carboxylic acids is 1. The third-order valence-corrected chi connectivity index (χ3v) is 3.32. The Labute approximate surface area is 111 Å². The summed E-state index contributed by atoms with van der Waals surface area (Å²) in [7, 11) is 0. The van der Waals surface area contributed by atoms with E-state index in [1.807, 2.05) is 38.1 Å². The Morgan fingerprint density at radius 2 is 1.89 bits per heavy atom. The van der Waals surface area contributed by atoms with E-state index in [9.17, 15) is 9.90 Å². The zero-order valence-electron chi connectivity index (χ0n) is 11.3. The Bertz CT molecular complexity index is 627. The fourth-order valence-electron chi connectivity index (χ4n) is 1.76. The number of nitrogens with zero attached hydrogens (tertiary/aromatic N) is 2. The number of para-hydroxylation sites is 2. The molecule has 0 aliphatic carbocycles. The molecule has 1 unspecified atom stereocenters. The molecule has 1 aromatic carbocycles. The standard InChI is InChI=1S/C14H17N3O2/c1-4-14(3,13(18)19)17-12-9(2)15-10-7-5-6-8-11(10)16-12/h5-8H,4H2,1-3H3,(H,16,17)(H,18,19). The van der Waals surface area contributed by atoms with Crippen molar-refractivity contribution in [2.24, 2.45) is 0 Å². The molecule has 0 saturated heterocycles. The predicted molar refractivity (Wildman–Crippen MR) is 74.2 cm³/mol. The summed E-state index contributed by atoms with van der Waals surface area (Å²) in [6.07, 6.45) is 0.455. The van der Waals surface area contributed by atoms with Gasteiger partial charge in [-0.1, -0.05) is 19.1 Å². The SMILES string of the molecule is CCC(C)(Nc1nc2ccccc2nc1C)C(=O)O. The molecule has 0 radical (unpaired) electrons. The maximum absolute atomic E-state index is 11.3. The lowest BCUT2D eigenvalue weighted by atomic mass is 9.99. The molecule has 1 aromatic heterocycles. The van der Waals surface area contributed by atoms with E-state index in [1.165, 1.54) is 0 Å². The number of hydrogen-bond donors (Lipinski definition) is 2. The third-order valence-electron chi connectivity index (χ3n) is 3.32. The quantitative estimate of drug-likeness (QED) is 0.882. The second-order valence-corrected chi connectivity index (χ2v) is 4.76. The number of aromatic nitrogens is 2. The van der Waals surface area contributed by atoms with Gasteiger partial charge in [0.05, 0.1) is 16.7 Å². The minimum atomic E-state index is -1.04. The van der Waals surface area contributed by atoms with Crippen LogP contribution in [0.2, 0.25) is 0 Å². The van der Waals surface area contributed by atoms with Crippen LogP contribution in [0, 0.1) is 6.92 Å². The maximum Gasteiger partial charge on any atom is 0.329 e. The van der Waals surface area contributed by atoms with E-state index < -0.39 is 11.5 Å². The highest BCUT2D eigenvalue weighted by Gasteiger charge is 2.31. The molecule has 0 aliphatic rings. The van der Waals surface area contributed by atoms with Gasteiger partial charge >= 0.3 is 5.97 Å². The largest absolute Gasteiger partial charge is 0.480 e. The van der Waals surface area contributed by atoms with Crippen LogP contribution in [-0.4, -0.2) is 26.6 Å². The number of benzene rings is 1. The van der Waals surface area contributed by atoms with E-state index in [4.69, 9.17) is 0 Å². The number of carboxylic acid groups (broad SMARTS) is 1. The summed E-state index contributed by atoms with van der Waals surface area (Å²) in [4.78, 5) is 20.2. The normalized spacial score (nSPS) is 14.1. The monoisotopic (exact) mass is 259 g/mol. The molecule has 0 spiro atoms. The van der Waals surface area contributed by atoms with Gasteiger partial charge in [-0.25, -0.2) is 14.8 Å². The first-order valence-electron chi connectivity index (χ1n) is 6.21. The minimum absolute atomic E-state index is 0.455. The van der Waals surface area contributed by atoms with Crippen LogP contribution in [0.3, 0.4) is 0 Å². The van der Waals surface area contributed by atoms with Gasteiger partial charge in [0, 0.05) is 0 Å². The summed E-state index contributed by atoms with van der Waals surface area (Å²) in [5.74, 6) is -0.380. The highest BCUT2D eigenvalue weighted by molar-refractivity contribution is 5.83. The summed E-state index contributed by atoms with van der Waals surface area (Å²) in [5, 5.41) is 12.3. The van der Waals surface area contributed by atoms with E-state index in [2.05, 4.69) is 15.3 Å². The van der Waals surface area contributed by atoms with Gasteiger partial charge in [-0.15, -0.1) is 0 Å². The summed E-state index contributed by atoms with van der Waals surface area (Å²) in [6.45, 7) is 5.29. The lowest BCUT2D eigenvalue weighted by Gasteiger charge is -2.25. The Morgan fingerprint density at radius 3 is 2.42 bits per heavy atom. The topological polar surface area (TPSA) is 75.1 Å². The first-order valence-corrected chi connectivity index (χ1v) is 6.21. The molecule has 5 nitrogen and oxygen atoms in total. The van der Waals surface area contributed by atoms with E-state index in [0.29, 0.717) is 17.9 Å². The number of anilines is 1. The van der Waals surface area contributed by atoms with Crippen LogP contribution < -0.4 is 5.32 Å². The molecule has 2 N–H and O–H groups in total. The van der Waals surface area contributed by atoms with Crippen LogP contribution in [0.15, 0.2) is 24.3 Å². The van der Waals surface area contributed by atoms with Gasteiger partial charge in [0.15, 0.2) is 0 Å². The molecule has 0 amide bonds. The number of fused-ring (bicyclic) bond motifs is 1. The van der Waals surface area contributed by atoms with E-state index in [-0.39, 0.29) is 0 Å². The Hall–Kier alpha value is -2.17. The first-order chi connectivity index (χ1) is 8.96. The van der Waals surface area contributed by atoms with Crippen molar-refractivity contribution < 1.29 is 9.90 Å². The van der Waals surface area contributed by atoms with Crippen molar-refractivity contribution in [2.75, 3.05) is 5.32 Å². The van der Waals surface area contributed by atoms with Crippen molar-refractivity contribution in [3.63, 3.8) is 0 Å². The molecule has 1 atom stereocenters. The van der Waals surface area contributed by atoms with E-state index in [1.54, 1.807) is 6.92 Å². The Balaban J connectivity index is 2.45. The van der Waals surface area contributed by atoms with Crippen LogP contribution >= 0.6 is 0 Å². The summed E-state index contributed by atoms with van der Waals surface area (Å²) in [5.41, 5.74) is 1.21. The van der Waals surface area contributed by atoms with Gasteiger partial charge in [0.25, 0.3) is 0 Å². The average Bonchev–Trinajstić information content (AvgIpc) is 2.39. The maximum atomic E-state index is 11.3. The summed E-state index contributed by atoms with van der Waals surface area (Å²) in [6, 6.07) is 7.52. The van der Waals surface area contributed by atoms with Crippen molar-refractivity contribution in [3.8, 4) is 0 Å². The Morgan fingerprint density at radius 1 is 1.32 bits per heavy atom. The molecule has 2 aromatic rings. The van der Waals surface area contributed by atoms with Crippen molar-refractivity contribution >= 4 is 22.8 Å². The molecule has 2 rings (SSSR count). The average molecular weight is 259 g/mol.